The minimum Gasteiger partial charge on any atom is -0.464 e. The second-order valence-corrected chi connectivity index (χ2v) is 6.90. The molecule has 3 aromatic rings. The van der Waals surface area contributed by atoms with Crippen molar-refractivity contribution >= 4 is 50.9 Å². The molecule has 0 aliphatic heterocycles. The fourth-order valence-electron chi connectivity index (χ4n) is 2.84. The minimum absolute atomic E-state index is 0.0972. The van der Waals surface area contributed by atoms with Crippen molar-refractivity contribution in [3.63, 3.8) is 0 Å². The van der Waals surface area contributed by atoms with Crippen LogP contribution in [-0.4, -0.2) is 10.9 Å². The van der Waals surface area contributed by atoms with Crippen molar-refractivity contribution in [2.45, 2.75) is 13.3 Å². The van der Waals surface area contributed by atoms with Crippen LogP contribution in [0.4, 0.5) is 10.8 Å². The average molecular weight is 437 g/mol. The Labute approximate surface area is 150 Å². The first-order chi connectivity index (χ1) is 11.2. The van der Waals surface area contributed by atoms with Gasteiger partial charge in [-0.25, -0.2) is 4.98 Å². The van der Waals surface area contributed by atoms with Crippen molar-refractivity contribution < 1.29 is 9.21 Å². The molecule has 0 atom stereocenters. The molecule has 1 aliphatic carbocycles. The molecule has 0 saturated carbocycles. The lowest BCUT2D eigenvalue weighted by Gasteiger charge is -2.11. The van der Waals surface area contributed by atoms with Crippen LogP contribution in [0.15, 0.2) is 34.9 Å². The van der Waals surface area contributed by atoms with E-state index in [1.54, 1.807) is 17.6 Å². The van der Waals surface area contributed by atoms with Crippen LogP contribution in [-0.2, 0) is 11.2 Å². The summed E-state index contributed by atoms with van der Waals surface area (Å²) in [6.45, 7) is 1.51. The molecule has 2 heterocycles. The second-order valence-electron chi connectivity index (χ2n) is 5.28. The van der Waals surface area contributed by atoms with E-state index in [0.29, 0.717) is 0 Å². The number of furan rings is 1. The van der Waals surface area contributed by atoms with E-state index in [-0.39, 0.29) is 5.91 Å². The van der Waals surface area contributed by atoms with E-state index in [2.05, 4.69) is 42.8 Å². The molecule has 4 rings (SSSR count). The molecule has 1 aliphatic rings. The van der Waals surface area contributed by atoms with Crippen LogP contribution in [0.5, 0.6) is 0 Å². The molecule has 0 unspecified atom stereocenters. The van der Waals surface area contributed by atoms with E-state index in [1.807, 2.05) is 18.2 Å². The molecule has 7 heteroatoms. The van der Waals surface area contributed by atoms with Gasteiger partial charge in [-0.2, -0.15) is 0 Å². The maximum absolute atomic E-state index is 11.5. The highest BCUT2D eigenvalue weighted by Gasteiger charge is 2.26. The van der Waals surface area contributed by atoms with Gasteiger partial charge < -0.3 is 13.3 Å². The molecule has 23 heavy (non-hydrogen) atoms. The molecule has 0 spiro atoms. The number of nitrogens with zero attached hydrogens (tertiary/aromatic N) is 1. The van der Waals surface area contributed by atoms with E-state index >= 15 is 0 Å². The number of benzene rings is 1. The summed E-state index contributed by atoms with van der Waals surface area (Å²) in [6, 6.07) is 7.82. The number of amides is 1. The predicted octanol–water partition coefficient (Wildman–Crippen LogP) is 4.69. The van der Waals surface area contributed by atoms with Crippen molar-refractivity contribution in [2.75, 3.05) is 8.85 Å². The Morgan fingerprint density at radius 2 is 2.26 bits per heavy atom. The Hall–Kier alpha value is -1.87. The number of halogens is 1. The summed E-state index contributed by atoms with van der Waals surface area (Å²) in [5.74, 6) is 0.632. The summed E-state index contributed by atoms with van der Waals surface area (Å²) in [4.78, 5) is 17.4. The van der Waals surface area contributed by atoms with Crippen molar-refractivity contribution in [1.82, 2.24) is 4.98 Å². The third kappa shape index (κ3) is 2.53. The smallest absolute Gasteiger partial charge is 0.221 e. The van der Waals surface area contributed by atoms with Gasteiger partial charge in [-0.3, -0.25) is 4.79 Å². The van der Waals surface area contributed by atoms with Gasteiger partial charge in [-0.15, -0.1) is 11.3 Å². The van der Waals surface area contributed by atoms with Crippen LogP contribution >= 0.6 is 34.2 Å². The van der Waals surface area contributed by atoms with Crippen molar-refractivity contribution in [3.05, 3.63) is 41.0 Å². The first kappa shape index (κ1) is 14.7. The van der Waals surface area contributed by atoms with Gasteiger partial charge in [-0.1, -0.05) is 0 Å². The molecule has 0 bridgehead atoms. The fourth-order valence-corrected chi connectivity index (χ4v) is 4.18. The highest BCUT2D eigenvalue weighted by molar-refractivity contribution is 14.1. The van der Waals surface area contributed by atoms with E-state index in [1.165, 1.54) is 17.4 Å². The zero-order valence-corrected chi connectivity index (χ0v) is 15.1. The molecule has 1 amide bonds. The quantitative estimate of drug-likeness (QED) is 0.361. The summed E-state index contributed by atoms with van der Waals surface area (Å²) in [5, 5.41) is 3.81. The molecule has 0 saturated heterocycles. The second kappa shape index (κ2) is 5.64. The predicted molar refractivity (Wildman–Crippen MR) is 100 cm³/mol. The number of thiazole rings is 1. The fraction of sp³-hybridized carbons (Fsp3) is 0.125. The molecule has 5 nitrogen and oxygen atoms in total. The normalized spacial score (nSPS) is 11.9. The van der Waals surface area contributed by atoms with Gasteiger partial charge in [0.2, 0.25) is 5.91 Å². The monoisotopic (exact) mass is 437 g/mol. The van der Waals surface area contributed by atoms with Crippen LogP contribution in [0.1, 0.15) is 17.4 Å². The lowest BCUT2D eigenvalue weighted by atomic mass is 10.0. The lowest BCUT2D eigenvalue weighted by Crippen LogP contribution is -2.07. The zero-order valence-electron chi connectivity index (χ0n) is 12.1. The molecule has 1 aromatic carbocycles. The third-order valence-corrected chi connectivity index (χ3v) is 5.57. The minimum atomic E-state index is -0.0972. The summed E-state index contributed by atoms with van der Waals surface area (Å²) in [5.41, 5.74) is 4.95. The first-order valence-electron chi connectivity index (χ1n) is 7.01. The Bertz CT molecular complexity index is 902. The SMILES string of the molecule is CC(=O)Nc1cc2c(cc1-c1ccco1)-c1nc(NI)sc1C2. The van der Waals surface area contributed by atoms with Gasteiger partial charge in [0.1, 0.15) is 5.76 Å². The maximum Gasteiger partial charge on any atom is 0.221 e. The molecule has 116 valence electrons. The third-order valence-electron chi connectivity index (χ3n) is 3.73. The zero-order chi connectivity index (χ0) is 16.0. The Kier molecular flexibility index (Phi) is 3.61. The summed E-state index contributed by atoms with van der Waals surface area (Å²) in [7, 11) is 0. The number of fused-ring (bicyclic) bond motifs is 3. The number of carbonyl (C=O) groups is 1. The number of rotatable bonds is 3. The Morgan fingerprint density at radius 1 is 1.39 bits per heavy atom. The van der Waals surface area contributed by atoms with E-state index in [4.69, 9.17) is 4.42 Å². The summed E-state index contributed by atoms with van der Waals surface area (Å²) < 4.78 is 8.60. The number of hydrogen-bond acceptors (Lipinski definition) is 5. The molecular formula is C16H12IN3O2S. The number of anilines is 2. The number of carbonyl (C=O) groups excluding carboxylic acids is 1. The van der Waals surface area contributed by atoms with Gasteiger partial charge in [-0.05, 0) is 29.8 Å². The Morgan fingerprint density at radius 3 is 2.96 bits per heavy atom. The number of hydrogen-bond donors (Lipinski definition) is 2. The highest BCUT2D eigenvalue weighted by Crippen LogP contribution is 2.45. The number of aromatic nitrogens is 1. The standard InChI is InChI=1S/C16H12IN3O2S/c1-8(21)18-12-5-9-6-14-15(19-16(20-17)23-14)10(9)7-11(12)13-3-2-4-22-13/h2-5,7H,6H2,1H3,(H,18,21)(H,19,20). The Balaban J connectivity index is 1.88. The summed E-state index contributed by atoms with van der Waals surface area (Å²) in [6.07, 6.45) is 2.47. The molecular weight excluding hydrogens is 425 g/mol. The van der Waals surface area contributed by atoms with Crippen LogP contribution in [0.3, 0.4) is 0 Å². The maximum atomic E-state index is 11.5. The van der Waals surface area contributed by atoms with Gasteiger partial charge in [0.25, 0.3) is 0 Å². The molecule has 0 fully saturated rings. The van der Waals surface area contributed by atoms with Crippen molar-refractivity contribution in [3.8, 4) is 22.6 Å². The van der Waals surface area contributed by atoms with Gasteiger partial charge >= 0.3 is 0 Å². The van der Waals surface area contributed by atoms with E-state index in [0.717, 1.165) is 39.8 Å². The largest absolute Gasteiger partial charge is 0.464 e. The van der Waals surface area contributed by atoms with E-state index < -0.39 is 0 Å². The van der Waals surface area contributed by atoms with Crippen LogP contribution < -0.4 is 8.85 Å². The highest BCUT2D eigenvalue weighted by atomic mass is 127. The topological polar surface area (TPSA) is 67.2 Å². The van der Waals surface area contributed by atoms with E-state index in [9.17, 15) is 4.79 Å². The van der Waals surface area contributed by atoms with Gasteiger partial charge in [0.15, 0.2) is 5.13 Å². The molecule has 0 radical (unpaired) electrons. The van der Waals surface area contributed by atoms with Gasteiger partial charge in [0, 0.05) is 29.3 Å². The van der Waals surface area contributed by atoms with Crippen LogP contribution in [0.25, 0.3) is 22.6 Å². The van der Waals surface area contributed by atoms with Gasteiger partial charge in [0.05, 0.1) is 40.5 Å². The van der Waals surface area contributed by atoms with Crippen molar-refractivity contribution in [1.29, 1.82) is 0 Å². The molecule has 2 aromatic heterocycles. The lowest BCUT2D eigenvalue weighted by molar-refractivity contribution is -0.114. The van der Waals surface area contributed by atoms with Crippen molar-refractivity contribution in [2.24, 2.45) is 0 Å². The first-order valence-corrected chi connectivity index (χ1v) is 8.90. The van der Waals surface area contributed by atoms with Crippen LogP contribution in [0, 0.1) is 0 Å². The number of nitrogens with one attached hydrogen (secondary N) is 2. The summed E-state index contributed by atoms with van der Waals surface area (Å²) >= 11 is 3.75. The van der Waals surface area contributed by atoms with Crippen LogP contribution in [0.2, 0.25) is 0 Å². The average Bonchev–Trinajstić information content (AvgIpc) is 3.21. The molecule has 2 N–H and O–H groups in total.